The molecule has 5 nitrogen and oxygen atoms in total. The van der Waals surface area contributed by atoms with Crippen molar-refractivity contribution in [3.05, 3.63) is 64.7 Å². The Morgan fingerprint density at radius 2 is 1.76 bits per heavy atom. The second-order valence-electron chi connectivity index (χ2n) is 7.92. The van der Waals surface area contributed by atoms with Crippen LogP contribution in [0.2, 0.25) is 0 Å². The van der Waals surface area contributed by atoms with Crippen molar-refractivity contribution in [3.8, 4) is 5.69 Å². The monoisotopic (exact) mass is 405 g/mol. The number of para-hydroxylation sites is 1. The van der Waals surface area contributed by atoms with Crippen LogP contribution in [0.25, 0.3) is 5.69 Å². The summed E-state index contributed by atoms with van der Waals surface area (Å²) in [5.41, 5.74) is 0.120. The van der Waals surface area contributed by atoms with E-state index in [1.165, 1.54) is 22.8 Å². The minimum Gasteiger partial charge on any atom is -0.359 e. The normalized spacial score (nSPS) is 12.3. The zero-order valence-electron chi connectivity index (χ0n) is 16.8. The summed E-state index contributed by atoms with van der Waals surface area (Å²) in [6, 6.07) is 8.48. The van der Waals surface area contributed by atoms with Gasteiger partial charge >= 0.3 is 6.18 Å². The van der Waals surface area contributed by atoms with Gasteiger partial charge in [0.05, 0.1) is 16.8 Å². The quantitative estimate of drug-likeness (QED) is 0.612. The third kappa shape index (κ3) is 4.06. The predicted octanol–water partition coefficient (Wildman–Crippen LogP) is 5.65. The fourth-order valence-electron chi connectivity index (χ4n) is 3.14. The Morgan fingerprint density at radius 3 is 2.34 bits per heavy atom. The summed E-state index contributed by atoms with van der Waals surface area (Å²) >= 11 is 0. The van der Waals surface area contributed by atoms with Crippen LogP contribution < -0.4 is 5.32 Å². The molecular formula is C21H22F3N3O2. The molecule has 8 heteroatoms. The first-order valence-electron chi connectivity index (χ1n) is 9.03. The Balaban J connectivity index is 1.97. The number of anilines is 1. The first-order chi connectivity index (χ1) is 13.4. The summed E-state index contributed by atoms with van der Waals surface area (Å²) in [5, 5.41) is 6.50. The van der Waals surface area contributed by atoms with E-state index in [0.717, 1.165) is 6.07 Å². The molecule has 2 aromatic heterocycles. The molecule has 0 radical (unpaired) electrons. The lowest BCUT2D eigenvalue weighted by Crippen LogP contribution is -2.15. The number of alkyl halides is 3. The van der Waals surface area contributed by atoms with E-state index in [2.05, 4.69) is 10.5 Å². The molecule has 0 spiro atoms. The lowest BCUT2D eigenvalue weighted by atomic mass is 9.93. The molecule has 29 heavy (non-hydrogen) atoms. The summed E-state index contributed by atoms with van der Waals surface area (Å²) in [5.74, 6) is 0.389. The number of halogens is 3. The molecule has 0 aliphatic heterocycles. The van der Waals surface area contributed by atoms with Crippen molar-refractivity contribution in [1.82, 2.24) is 9.72 Å². The smallest absolute Gasteiger partial charge is 0.359 e. The van der Waals surface area contributed by atoms with Gasteiger partial charge in [0.25, 0.3) is 5.91 Å². The van der Waals surface area contributed by atoms with Crippen LogP contribution in [0, 0.1) is 13.8 Å². The largest absolute Gasteiger partial charge is 0.418 e. The Morgan fingerprint density at radius 1 is 1.10 bits per heavy atom. The Labute approximate surface area is 166 Å². The van der Waals surface area contributed by atoms with Crippen LogP contribution in [-0.2, 0) is 11.6 Å². The molecule has 1 amide bonds. The van der Waals surface area contributed by atoms with E-state index in [0.29, 0.717) is 17.1 Å². The molecule has 0 atom stereocenters. The summed E-state index contributed by atoms with van der Waals surface area (Å²) in [4.78, 5) is 12.7. The first-order valence-corrected chi connectivity index (χ1v) is 9.03. The van der Waals surface area contributed by atoms with Crippen LogP contribution in [-0.4, -0.2) is 15.6 Å². The second-order valence-corrected chi connectivity index (χ2v) is 7.92. The molecule has 0 aliphatic carbocycles. The minimum absolute atomic E-state index is 0.0227. The van der Waals surface area contributed by atoms with Crippen LogP contribution >= 0.6 is 0 Å². The van der Waals surface area contributed by atoms with Gasteiger partial charge in [-0.15, -0.1) is 0 Å². The van der Waals surface area contributed by atoms with E-state index in [1.807, 2.05) is 20.8 Å². The number of nitrogens with one attached hydrogen (secondary N) is 1. The standard InChI is InChI=1S/C21H22F3N3O2/c1-12-10-14(19(28)25-18-11-17(29-26-18)20(3,4)5)13(2)27(12)16-9-7-6-8-15(16)21(22,23)24/h6-11H,1-5H3,(H,25,26,28). The number of nitrogens with zero attached hydrogens (tertiary/aromatic N) is 2. The van der Waals surface area contributed by atoms with Crippen LogP contribution in [0.5, 0.6) is 0 Å². The van der Waals surface area contributed by atoms with Crippen LogP contribution in [0.15, 0.2) is 40.9 Å². The third-order valence-corrected chi connectivity index (χ3v) is 4.62. The molecule has 0 unspecified atom stereocenters. The van der Waals surface area contributed by atoms with E-state index in [-0.39, 0.29) is 22.5 Å². The molecular weight excluding hydrogens is 383 g/mol. The van der Waals surface area contributed by atoms with E-state index >= 15 is 0 Å². The van der Waals surface area contributed by atoms with E-state index in [1.54, 1.807) is 26.0 Å². The van der Waals surface area contributed by atoms with Gasteiger partial charge in [0.1, 0.15) is 5.76 Å². The molecule has 3 rings (SSSR count). The maximum atomic E-state index is 13.4. The van der Waals surface area contributed by atoms with E-state index < -0.39 is 17.6 Å². The number of carbonyl (C=O) groups is 1. The van der Waals surface area contributed by atoms with Crippen molar-refractivity contribution >= 4 is 11.7 Å². The van der Waals surface area contributed by atoms with Gasteiger partial charge in [-0.2, -0.15) is 13.2 Å². The zero-order chi connectivity index (χ0) is 21.6. The summed E-state index contributed by atoms with van der Waals surface area (Å²) < 4.78 is 47.0. The molecule has 0 saturated heterocycles. The fourth-order valence-corrected chi connectivity index (χ4v) is 3.14. The van der Waals surface area contributed by atoms with Crippen molar-refractivity contribution in [2.24, 2.45) is 0 Å². The lowest BCUT2D eigenvalue weighted by Gasteiger charge is -2.16. The number of aryl methyl sites for hydroxylation is 1. The summed E-state index contributed by atoms with van der Waals surface area (Å²) in [6.45, 7) is 9.11. The van der Waals surface area contributed by atoms with Gasteiger partial charge in [-0.05, 0) is 32.0 Å². The molecule has 1 N–H and O–H groups in total. The Kier molecular flexibility index (Phi) is 5.06. The van der Waals surface area contributed by atoms with Gasteiger partial charge in [-0.1, -0.05) is 38.1 Å². The van der Waals surface area contributed by atoms with Gasteiger partial charge in [-0.25, -0.2) is 0 Å². The van der Waals surface area contributed by atoms with Gasteiger partial charge in [-0.3, -0.25) is 4.79 Å². The second kappa shape index (κ2) is 7.09. The molecule has 0 fully saturated rings. The van der Waals surface area contributed by atoms with Crippen LogP contribution in [0.4, 0.5) is 19.0 Å². The van der Waals surface area contributed by atoms with Crippen molar-refractivity contribution in [1.29, 1.82) is 0 Å². The van der Waals surface area contributed by atoms with Gasteiger partial charge in [0.15, 0.2) is 5.82 Å². The molecule has 0 bridgehead atoms. The average molecular weight is 405 g/mol. The van der Waals surface area contributed by atoms with Crippen molar-refractivity contribution in [2.45, 2.75) is 46.2 Å². The molecule has 0 saturated carbocycles. The molecule has 3 aromatic rings. The molecule has 2 heterocycles. The van der Waals surface area contributed by atoms with E-state index in [4.69, 9.17) is 4.52 Å². The Hall–Kier alpha value is -3.03. The number of aromatic nitrogens is 2. The summed E-state index contributed by atoms with van der Waals surface area (Å²) in [7, 11) is 0. The SMILES string of the molecule is Cc1cc(C(=O)Nc2cc(C(C)(C)C)on2)c(C)n1-c1ccccc1C(F)(F)F. The Bertz CT molecular complexity index is 1060. The van der Waals surface area contributed by atoms with Crippen molar-refractivity contribution in [3.63, 3.8) is 0 Å². The molecule has 1 aromatic carbocycles. The van der Waals surface area contributed by atoms with E-state index in [9.17, 15) is 18.0 Å². The number of hydrogen-bond acceptors (Lipinski definition) is 3. The van der Waals surface area contributed by atoms with Crippen molar-refractivity contribution in [2.75, 3.05) is 5.32 Å². The zero-order valence-corrected chi connectivity index (χ0v) is 16.8. The van der Waals surface area contributed by atoms with Crippen molar-refractivity contribution < 1.29 is 22.5 Å². The first kappa shape index (κ1) is 20.7. The minimum atomic E-state index is -4.51. The average Bonchev–Trinajstić information content (AvgIpc) is 3.18. The highest BCUT2D eigenvalue weighted by atomic mass is 19.4. The number of rotatable bonds is 3. The number of amides is 1. The highest BCUT2D eigenvalue weighted by Crippen LogP contribution is 2.35. The fraction of sp³-hybridized carbons (Fsp3) is 0.333. The third-order valence-electron chi connectivity index (χ3n) is 4.62. The maximum Gasteiger partial charge on any atom is 0.418 e. The van der Waals surface area contributed by atoms with Gasteiger partial charge in [0.2, 0.25) is 0 Å². The van der Waals surface area contributed by atoms with Gasteiger partial charge < -0.3 is 14.4 Å². The number of carbonyl (C=O) groups excluding carboxylic acids is 1. The lowest BCUT2D eigenvalue weighted by molar-refractivity contribution is -0.137. The highest BCUT2D eigenvalue weighted by molar-refractivity contribution is 6.05. The molecule has 154 valence electrons. The van der Waals surface area contributed by atoms with Crippen LogP contribution in [0.1, 0.15) is 53.8 Å². The highest BCUT2D eigenvalue weighted by Gasteiger charge is 2.34. The van der Waals surface area contributed by atoms with Gasteiger partial charge in [0, 0.05) is 22.9 Å². The maximum absolute atomic E-state index is 13.4. The van der Waals surface area contributed by atoms with Crippen LogP contribution in [0.3, 0.4) is 0 Å². The topological polar surface area (TPSA) is 60.1 Å². The summed E-state index contributed by atoms with van der Waals surface area (Å²) in [6.07, 6.45) is -4.51. The molecule has 0 aliphatic rings. The number of hydrogen-bond donors (Lipinski definition) is 1. The number of benzene rings is 1. The predicted molar refractivity (Wildman–Crippen MR) is 103 cm³/mol.